The van der Waals surface area contributed by atoms with Crippen molar-refractivity contribution >= 4 is 48.9 Å². The Kier molecular flexibility index (Phi) is 16.6. The summed E-state index contributed by atoms with van der Waals surface area (Å²) < 4.78 is 32.4. The average Bonchev–Trinajstić information content (AvgIpc) is 2.90. The molecule has 0 aliphatic carbocycles. The van der Waals surface area contributed by atoms with E-state index in [0.717, 1.165) is 37.6 Å². The van der Waals surface area contributed by atoms with Gasteiger partial charge in [-0.15, -0.1) is 0 Å². The molecule has 0 atom stereocenters. The number of hydrogen-bond donors (Lipinski definition) is 0. The molecular weight excluding hydrogens is 594 g/mol. The Morgan fingerprint density at radius 1 is 0.625 bits per heavy atom. The summed E-state index contributed by atoms with van der Waals surface area (Å²) in [5.41, 5.74) is 1.62. The SMILES string of the molecule is CCN(CC)c1nc(C)cc(OP(=S)(OC)OC)n1.CCOP(=S)(OCC)Oc1cc(C)nc(N(CC)CC)n1. The predicted octanol–water partition coefficient (Wildman–Crippen LogP) is 5.83. The van der Waals surface area contributed by atoms with E-state index in [-0.39, 0.29) is 0 Å². The van der Waals surface area contributed by atoms with Crippen LogP contribution in [0.25, 0.3) is 0 Å². The second-order valence-electron chi connectivity index (χ2n) is 7.92. The third-order valence-electron chi connectivity index (χ3n) is 5.16. The molecule has 0 spiro atoms. The fourth-order valence-corrected chi connectivity index (χ4v) is 6.07. The zero-order valence-electron chi connectivity index (χ0n) is 25.2. The van der Waals surface area contributed by atoms with Gasteiger partial charge in [0.15, 0.2) is 0 Å². The molecule has 0 bridgehead atoms. The van der Waals surface area contributed by atoms with E-state index in [1.165, 1.54) is 14.2 Å². The number of nitrogens with zero attached hydrogens (tertiary/aromatic N) is 6. The molecule has 40 heavy (non-hydrogen) atoms. The molecule has 0 amide bonds. The van der Waals surface area contributed by atoms with Gasteiger partial charge in [-0.25, -0.2) is 9.97 Å². The lowest BCUT2D eigenvalue weighted by molar-refractivity contribution is 0.216. The number of hydrogen-bond acceptors (Lipinski definition) is 14. The van der Waals surface area contributed by atoms with E-state index in [9.17, 15) is 0 Å². The van der Waals surface area contributed by atoms with Crippen molar-refractivity contribution in [3.8, 4) is 11.8 Å². The maximum atomic E-state index is 5.75. The van der Waals surface area contributed by atoms with Crippen molar-refractivity contribution in [2.75, 3.05) is 63.4 Å². The Morgan fingerprint density at radius 3 is 1.27 bits per heavy atom. The first-order valence-electron chi connectivity index (χ1n) is 13.2. The summed E-state index contributed by atoms with van der Waals surface area (Å²) in [5.74, 6) is 2.02. The van der Waals surface area contributed by atoms with Crippen LogP contribution in [0.1, 0.15) is 52.9 Å². The normalized spacial score (nSPS) is 11.4. The molecule has 0 saturated heterocycles. The lowest BCUT2D eigenvalue weighted by atomic mass is 10.4. The second kappa shape index (κ2) is 18.1. The highest BCUT2D eigenvalue weighted by molar-refractivity contribution is 8.08. The molecule has 16 heteroatoms. The Bertz CT molecular complexity index is 1120. The van der Waals surface area contributed by atoms with Crippen molar-refractivity contribution in [2.24, 2.45) is 0 Å². The topological polar surface area (TPSA) is 113 Å². The molecule has 0 aliphatic rings. The molecule has 2 aromatic heterocycles. The monoisotopic (exact) mass is 638 g/mol. The van der Waals surface area contributed by atoms with Gasteiger partial charge in [-0.05, 0) is 55.4 Å². The first-order chi connectivity index (χ1) is 18.9. The van der Waals surface area contributed by atoms with Gasteiger partial charge in [0.05, 0.1) is 13.2 Å². The van der Waals surface area contributed by atoms with Crippen LogP contribution in [-0.2, 0) is 41.7 Å². The van der Waals surface area contributed by atoms with Crippen LogP contribution in [0, 0.1) is 13.8 Å². The minimum Gasteiger partial charge on any atom is -0.405 e. The van der Waals surface area contributed by atoms with E-state index >= 15 is 0 Å². The minimum absolute atomic E-state index is 0.376. The van der Waals surface area contributed by atoms with Crippen molar-refractivity contribution in [3.63, 3.8) is 0 Å². The van der Waals surface area contributed by atoms with Gasteiger partial charge >= 0.3 is 13.4 Å². The van der Waals surface area contributed by atoms with Gasteiger partial charge in [-0.1, -0.05) is 0 Å². The molecule has 2 aromatic rings. The Hall–Kier alpha value is -1.50. The highest BCUT2D eigenvalue weighted by Crippen LogP contribution is 2.49. The van der Waals surface area contributed by atoms with Crippen LogP contribution in [0.3, 0.4) is 0 Å². The molecular formula is C24H44N6O6P2S2. The molecule has 228 valence electrons. The summed E-state index contributed by atoms with van der Waals surface area (Å²) in [7, 11) is 2.92. The van der Waals surface area contributed by atoms with Crippen molar-refractivity contribution in [1.29, 1.82) is 0 Å². The van der Waals surface area contributed by atoms with Gasteiger partial charge in [0.1, 0.15) is 0 Å². The van der Waals surface area contributed by atoms with Crippen LogP contribution in [0.15, 0.2) is 12.1 Å². The molecule has 12 nitrogen and oxygen atoms in total. The van der Waals surface area contributed by atoms with E-state index in [2.05, 4.69) is 33.8 Å². The van der Waals surface area contributed by atoms with E-state index in [0.29, 0.717) is 36.9 Å². The molecule has 2 rings (SSSR count). The van der Waals surface area contributed by atoms with E-state index in [1.54, 1.807) is 12.1 Å². The maximum absolute atomic E-state index is 5.75. The quantitative estimate of drug-likeness (QED) is 0.205. The largest absolute Gasteiger partial charge is 0.405 e. The summed E-state index contributed by atoms with van der Waals surface area (Å²) in [6.45, 7) is 14.3. The first kappa shape index (κ1) is 36.5. The Labute approximate surface area is 249 Å². The van der Waals surface area contributed by atoms with Crippen LogP contribution in [0.4, 0.5) is 11.9 Å². The third-order valence-corrected chi connectivity index (χ3v) is 10.0. The van der Waals surface area contributed by atoms with E-state index < -0.39 is 13.4 Å². The fraction of sp³-hybridized carbons (Fsp3) is 0.667. The van der Waals surface area contributed by atoms with E-state index in [1.807, 2.05) is 51.3 Å². The van der Waals surface area contributed by atoms with Crippen LogP contribution < -0.4 is 18.8 Å². The highest BCUT2D eigenvalue weighted by Gasteiger charge is 2.23. The number of aromatic nitrogens is 4. The average molecular weight is 639 g/mol. The zero-order chi connectivity index (χ0) is 30.3. The fourth-order valence-electron chi connectivity index (χ4n) is 3.22. The van der Waals surface area contributed by atoms with Gasteiger partial charge in [-0.3, -0.25) is 9.05 Å². The number of rotatable bonds is 16. The smallest absolute Gasteiger partial charge is 0.381 e. The molecule has 0 saturated carbocycles. The third kappa shape index (κ3) is 11.8. The lowest BCUT2D eigenvalue weighted by Gasteiger charge is -2.22. The number of anilines is 2. The minimum atomic E-state index is -2.80. The summed E-state index contributed by atoms with van der Waals surface area (Å²) in [5, 5.41) is 0. The Balaban J connectivity index is 0.000000402. The second-order valence-corrected chi connectivity index (χ2v) is 14.0. The predicted molar refractivity (Wildman–Crippen MR) is 168 cm³/mol. The van der Waals surface area contributed by atoms with Crippen molar-refractivity contribution in [2.45, 2.75) is 55.4 Å². The Morgan fingerprint density at radius 2 is 0.975 bits per heavy atom. The molecule has 0 aromatic carbocycles. The lowest BCUT2D eigenvalue weighted by Crippen LogP contribution is -2.24. The standard InChI is InChI=1S/C13H24N3O3PS.C11H20N3O3PS/c1-6-16(7-2)13-14-11(5)10-12(15-13)19-20(21,17-8-3)18-9-4;1-6-14(7-2)11-12-9(3)8-10(13-11)17-18(19,15-4)16-5/h10H,6-9H2,1-5H3;8H,6-7H2,1-5H3. The highest BCUT2D eigenvalue weighted by atomic mass is 32.5. The van der Waals surface area contributed by atoms with Gasteiger partial charge in [0.2, 0.25) is 23.7 Å². The van der Waals surface area contributed by atoms with Crippen LogP contribution >= 0.6 is 13.4 Å². The van der Waals surface area contributed by atoms with Crippen molar-refractivity contribution < 1.29 is 27.1 Å². The first-order valence-corrected chi connectivity index (χ1v) is 18.3. The zero-order valence-corrected chi connectivity index (χ0v) is 28.7. The van der Waals surface area contributed by atoms with Crippen LogP contribution in [-0.4, -0.2) is 73.5 Å². The summed E-state index contributed by atoms with van der Waals surface area (Å²) in [6, 6.07) is 3.46. The maximum Gasteiger partial charge on any atom is 0.381 e. The van der Waals surface area contributed by atoms with Crippen LogP contribution in [0.2, 0.25) is 0 Å². The van der Waals surface area contributed by atoms with Crippen molar-refractivity contribution in [3.05, 3.63) is 23.5 Å². The number of aryl methyl sites for hydroxylation is 2. The van der Waals surface area contributed by atoms with E-state index in [4.69, 9.17) is 50.8 Å². The summed E-state index contributed by atoms with van der Waals surface area (Å²) >= 11 is 10.5. The van der Waals surface area contributed by atoms with Crippen LogP contribution in [0.5, 0.6) is 11.8 Å². The molecule has 2 heterocycles. The molecule has 0 fully saturated rings. The van der Waals surface area contributed by atoms with Gasteiger partial charge in [0, 0.05) is 87.5 Å². The van der Waals surface area contributed by atoms with Gasteiger partial charge < -0.3 is 27.9 Å². The summed E-state index contributed by atoms with van der Waals surface area (Å²) in [6.07, 6.45) is 0. The van der Waals surface area contributed by atoms with Gasteiger partial charge in [0.25, 0.3) is 0 Å². The summed E-state index contributed by atoms with van der Waals surface area (Å²) in [4.78, 5) is 21.7. The molecule has 0 aliphatic heterocycles. The molecule has 0 radical (unpaired) electrons. The molecule has 0 unspecified atom stereocenters. The molecule has 0 N–H and O–H groups in total. The van der Waals surface area contributed by atoms with Gasteiger partial charge in [-0.2, -0.15) is 9.97 Å². The van der Waals surface area contributed by atoms with Crippen molar-refractivity contribution in [1.82, 2.24) is 19.9 Å².